The molecule has 6 nitrogen and oxygen atoms in total. The summed E-state index contributed by atoms with van der Waals surface area (Å²) < 4.78 is 5.25. The number of esters is 1. The average Bonchev–Trinajstić information content (AvgIpc) is 3.21. The minimum Gasteiger partial charge on any atom is -0.402 e. The Labute approximate surface area is 131 Å². The third-order valence-electron chi connectivity index (χ3n) is 3.41. The summed E-state index contributed by atoms with van der Waals surface area (Å²) in [6.07, 6.45) is 0. The zero-order valence-electron chi connectivity index (χ0n) is 12.0. The van der Waals surface area contributed by atoms with Gasteiger partial charge in [0, 0.05) is 6.07 Å². The molecule has 2 aromatic carbocycles. The summed E-state index contributed by atoms with van der Waals surface area (Å²) in [6, 6.07) is 18.1. The first-order chi connectivity index (χ1) is 11.3. The molecule has 0 bridgehead atoms. The SMILES string of the molecule is O=C(Oc1cc(-c2nc3ccccc3[nH]2)[nH]n1)c1ccccc1. The first-order valence-electron chi connectivity index (χ1n) is 7.07. The molecule has 2 N–H and O–H groups in total. The van der Waals surface area contributed by atoms with Crippen molar-refractivity contribution in [1.82, 2.24) is 20.2 Å². The Kier molecular flexibility index (Phi) is 3.12. The van der Waals surface area contributed by atoms with Gasteiger partial charge in [0.25, 0.3) is 0 Å². The maximum atomic E-state index is 12.0. The highest BCUT2D eigenvalue weighted by Gasteiger charge is 2.13. The first kappa shape index (κ1) is 13.3. The van der Waals surface area contributed by atoms with Crippen LogP contribution < -0.4 is 4.74 Å². The van der Waals surface area contributed by atoms with Crippen LogP contribution in [0.2, 0.25) is 0 Å². The fourth-order valence-electron chi connectivity index (χ4n) is 2.29. The minimum absolute atomic E-state index is 0.203. The number of hydrogen-bond acceptors (Lipinski definition) is 4. The fourth-order valence-corrected chi connectivity index (χ4v) is 2.29. The van der Waals surface area contributed by atoms with Gasteiger partial charge < -0.3 is 9.72 Å². The highest BCUT2D eigenvalue weighted by molar-refractivity contribution is 5.90. The monoisotopic (exact) mass is 304 g/mol. The van der Waals surface area contributed by atoms with Crippen molar-refractivity contribution in [2.24, 2.45) is 0 Å². The third kappa shape index (κ3) is 2.57. The fraction of sp³-hybridized carbons (Fsp3) is 0. The van der Waals surface area contributed by atoms with E-state index in [4.69, 9.17) is 4.74 Å². The van der Waals surface area contributed by atoms with Crippen LogP contribution in [0, 0.1) is 0 Å². The number of imidazole rings is 1. The van der Waals surface area contributed by atoms with Gasteiger partial charge in [-0.1, -0.05) is 30.3 Å². The molecule has 0 unspecified atom stereocenters. The highest BCUT2D eigenvalue weighted by atomic mass is 16.5. The number of ether oxygens (including phenoxy) is 1. The molecule has 0 amide bonds. The normalized spacial score (nSPS) is 10.8. The second kappa shape index (κ2) is 5.42. The van der Waals surface area contributed by atoms with Gasteiger partial charge in [-0.15, -0.1) is 5.10 Å². The summed E-state index contributed by atoms with van der Waals surface area (Å²) >= 11 is 0. The molecule has 0 radical (unpaired) electrons. The van der Waals surface area contributed by atoms with E-state index in [-0.39, 0.29) is 5.88 Å². The Morgan fingerprint density at radius 2 is 1.78 bits per heavy atom. The second-order valence-corrected chi connectivity index (χ2v) is 4.98. The largest absolute Gasteiger partial charge is 0.402 e. The van der Waals surface area contributed by atoms with Gasteiger partial charge in [-0.2, -0.15) is 0 Å². The van der Waals surface area contributed by atoms with E-state index < -0.39 is 5.97 Å². The molecule has 4 aromatic rings. The molecular formula is C17H12N4O2. The van der Waals surface area contributed by atoms with Gasteiger partial charge in [0.1, 0.15) is 5.69 Å². The number of nitrogens with zero attached hydrogens (tertiary/aromatic N) is 2. The van der Waals surface area contributed by atoms with Crippen LogP contribution in [0.15, 0.2) is 60.7 Å². The quantitative estimate of drug-likeness (QED) is 0.569. The molecular weight excluding hydrogens is 292 g/mol. The van der Waals surface area contributed by atoms with Crippen LogP contribution in [0.1, 0.15) is 10.4 Å². The Hall–Kier alpha value is -3.41. The number of carbonyl (C=O) groups is 1. The van der Waals surface area contributed by atoms with Crippen LogP contribution in [0.5, 0.6) is 5.88 Å². The van der Waals surface area contributed by atoms with Crippen LogP contribution in [-0.2, 0) is 0 Å². The van der Waals surface area contributed by atoms with Crippen LogP contribution in [0.3, 0.4) is 0 Å². The van der Waals surface area contributed by atoms with E-state index in [1.165, 1.54) is 0 Å². The Morgan fingerprint density at radius 1 is 1.00 bits per heavy atom. The van der Waals surface area contributed by atoms with Crippen LogP contribution in [0.25, 0.3) is 22.6 Å². The van der Waals surface area contributed by atoms with Crippen LogP contribution in [-0.4, -0.2) is 26.1 Å². The Balaban J connectivity index is 1.58. The summed E-state index contributed by atoms with van der Waals surface area (Å²) in [7, 11) is 0. The van der Waals surface area contributed by atoms with Gasteiger partial charge in [-0.3, -0.25) is 5.10 Å². The van der Waals surface area contributed by atoms with Gasteiger partial charge in [0.15, 0.2) is 5.82 Å². The van der Waals surface area contributed by atoms with Gasteiger partial charge >= 0.3 is 5.97 Å². The lowest BCUT2D eigenvalue weighted by atomic mass is 10.2. The van der Waals surface area contributed by atoms with Crippen LogP contribution >= 0.6 is 0 Å². The predicted molar refractivity (Wildman–Crippen MR) is 85.1 cm³/mol. The molecule has 0 aliphatic heterocycles. The Bertz CT molecular complexity index is 939. The van der Waals surface area contributed by atoms with E-state index in [1.807, 2.05) is 30.3 Å². The smallest absolute Gasteiger partial charge is 0.344 e. The molecule has 6 heteroatoms. The van der Waals surface area contributed by atoms with Crippen LogP contribution in [0.4, 0.5) is 0 Å². The van der Waals surface area contributed by atoms with Crippen molar-refractivity contribution in [2.45, 2.75) is 0 Å². The van der Waals surface area contributed by atoms with Gasteiger partial charge in [0.2, 0.25) is 5.88 Å². The number of fused-ring (bicyclic) bond motifs is 1. The molecule has 112 valence electrons. The van der Waals surface area contributed by atoms with Crippen molar-refractivity contribution in [3.05, 3.63) is 66.2 Å². The van der Waals surface area contributed by atoms with Crippen molar-refractivity contribution < 1.29 is 9.53 Å². The topological polar surface area (TPSA) is 83.7 Å². The van der Waals surface area contributed by atoms with Gasteiger partial charge in [0.05, 0.1) is 16.6 Å². The molecule has 4 rings (SSSR count). The molecule has 0 saturated heterocycles. The first-order valence-corrected chi connectivity index (χ1v) is 7.07. The molecule has 2 aromatic heterocycles. The maximum Gasteiger partial charge on any atom is 0.344 e. The summed E-state index contributed by atoms with van der Waals surface area (Å²) in [6.45, 7) is 0. The highest BCUT2D eigenvalue weighted by Crippen LogP contribution is 2.21. The number of benzene rings is 2. The molecule has 0 fully saturated rings. The molecule has 2 heterocycles. The standard InChI is InChI=1S/C17H12N4O2/c22-17(11-6-2-1-3-7-11)23-15-10-14(20-21-15)16-18-12-8-4-5-9-13(12)19-16/h1-10H,(H,18,19)(H,20,21). The summed E-state index contributed by atoms with van der Waals surface area (Å²) in [5.74, 6) is 0.392. The molecule has 0 saturated carbocycles. The van der Waals surface area contributed by atoms with Crippen molar-refractivity contribution >= 4 is 17.0 Å². The number of aromatic amines is 2. The van der Waals surface area contributed by atoms with E-state index in [0.29, 0.717) is 17.1 Å². The van der Waals surface area contributed by atoms with E-state index in [0.717, 1.165) is 11.0 Å². The predicted octanol–water partition coefficient (Wildman–Crippen LogP) is 3.17. The van der Waals surface area contributed by atoms with E-state index in [1.54, 1.807) is 30.3 Å². The number of rotatable bonds is 3. The number of para-hydroxylation sites is 2. The molecule has 0 atom stereocenters. The van der Waals surface area contributed by atoms with Crippen molar-refractivity contribution in [1.29, 1.82) is 0 Å². The number of nitrogens with one attached hydrogen (secondary N) is 2. The number of hydrogen-bond donors (Lipinski definition) is 2. The lowest BCUT2D eigenvalue weighted by molar-refractivity contribution is 0.0727. The molecule has 0 aliphatic carbocycles. The number of H-pyrrole nitrogens is 2. The minimum atomic E-state index is -0.451. The van der Waals surface area contributed by atoms with Gasteiger partial charge in [-0.05, 0) is 24.3 Å². The maximum absolute atomic E-state index is 12.0. The lowest BCUT2D eigenvalue weighted by Gasteiger charge is -1.99. The summed E-state index contributed by atoms with van der Waals surface area (Å²) in [5.41, 5.74) is 2.91. The second-order valence-electron chi connectivity index (χ2n) is 4.98. The van der Waals surface area contributed by atoms with E-state index in [2.05, 4.69) is 20.2 Å². The number of aromatic nitrogens is 4. The van der Waals surface area contributed by atoms with E-state index >= 15 is 0 Å². The average molecular weight is 304 g/mol. The van der Waals surface area contributed by atoms with Gasteiger partial charge in [-0.25, -0.2) is 9.78 Å². The molecule has 0 aliphatic rings. The molecule has 0 spiro atoms. The summed E-state index contributed by atoms with van der Waals surface area (Å²) in [4.78, 5) is 19.7. The Morgan fingerprint density at radius 3 is 2.61 bits per heavy atom. The summed E-state index contributed by atoms with van der Waals surface area (Å²) in [5, 5.41) is 6.82. The van der Waals surface area contributed by atoms with Crippen molar-refractivity contribution in [3.63, 3.8) is 0 Å². The van der Waals surface area contributed by atoms with Crippen molar-refractivity contribution in [3.8, 4) is 17.4 Å². The van der Waals surface area contributed by atoms with Crippen molar-refractivity contribution in [2.75, 3.05) is 0 Å². The van der Waals surface area contributed by atoms with E-state index in [9.17, 15) is 4.79 Å². The number of carbonyl (C=O) groups excluding carboxylic acids is 1. The lowest BCUT2D eigenvalue weighted by Crippen LogP contribution is -2.08. The zero-order valence-corrected chi connectivity index (χ0v) is 12.0. The zero-order chi connectivity index (χ0) is 15.6. The third-order valence-corrected chi connectivity index (χ3v) is 3.41. The molecule has 23 heavy (non-hydrogen) atoms.